The summed E-state index contributed by atoms with van der Waals surface area (Å²) in [5, 5.41) is 4.08. The van der Waals surface area contributed by atoms with Crippen molar-refractivity contribution >= 4 is 17.5 Å². The van der Waals surface area contributed by atoms with Crippen LogP contribution in [0.15, 0.2) is 30.3 Å². The quantitative estimate of drug-likeness (QED) is 0.823. The molecular weight excluding hydrogens is 306 g/mol. The second kappa shape index (κ2) is 6.74. The number of carbonyl (C=O) groups is 2. The first-order valence-corrected chi connectivity index (χ1v) is 7.97. The van der Waals surface area contributed by atoms with Gasteiger partial charge in [0.15, 0.2) is 5.69 Å². The van der Waals surface area contributed by atoms with Crippen molar-refractivity contribution in [3.05, 3.63) is 47.3 Å². The molecule has 2 amide bonds. The zero-order valence-corrected chi connectivity index (χ0v) is 13.9. The number of nitrogens with zero attached hydrogens (tertiary/aromatic N) is 3. The zero-order valence-electron chi connectivity index (χ0n) is 13.9. The lowest BCUT2D eigenvalue weighted by atomic mass is 10.0. The molecule has 1 aromatic heterocycles. The average Bonchev–Trinajstić information content (AvgIpc) is 2.92. The van der Waals surface area contributed by atoms with E-state index in [9.17, 15) is 9.59 Å². The normalized spacial score (nSPS) is 13.3. The van der Waals surface area contributed by atoms with Gasteiger partial charge in [0.2, 0.25) is 0 Å². The first-order chi connectivity index (χ1) is 11.5. The number of hydrogen-bond donors (Lipinski definition) is 2. The van der Waals surface area contributed by atoms with Crippen LogP contribution in [0.2, 0.25) is 0 Å². The largest absolute Gasteiger partial charge is 0.362 e. The van der Waals surface area contributed by atoms with Crippen LogP contribution in [0.25, 0.3) is 0 Å². The molecule has 0 atom stereocenters. The molecule has 2 heterocycles. The van der Waals surface area contributed by atoms with Crippen molar-refractivity contribution in [2.45, 2.75) is 19.8 Å². The molecule has 1 aromatic carbocycles. The number of fused-ring (bicyclic) bond motifs is 1. The van der Waals surface area contributed by atoms with Crippen molar-refractivity contribution in [2.24, 2.45) is 7.05 Å². The molecule has 1 aliphatic rings. The Morgan fingerprint density at radius 2 is 2.04 bits per heavy atom. The molecule has 126 valence electrons. The number of carbonyl (C=O) groups excluding carboxylic acids is 2. The van der Waals surface area contributed by atoms with Crippen LogP contribution in [-0.2, 0) is 18.3 Å². The number of hydrazine groups is 1. The maximum atomic E-state index is 12.1. The summed E-state index contributed by atoms with van der Waals surface area (Å²) in [5.41, 5.74) is 8.36. The lowest BCUT2D eigenvalue weighted by Crippen LogP contribution is -2.47. The van der Waals surface area contributed by atoms with Crippen molar-refractivity contribution in [3.63, 3.8) is 0 Å². The van der Waals surface area contributed by atoms with Gasteiger partial charge in [-0.25, -0.2) is 0 Å². The Balaban J connectivity index is 1.56. The van der Waals surface area contributed by atoms with Crippen molar-refractivity contribution in [1.82, 2.24) is 20.6 Å². The Labute approximate surface area is 140 Å². The molecule has 0 spiro atoms. The van der Waals surface area contributed by atoms with Gasteiger partial charge >= 0.3 is 0 Å². The summed E-state index contributed by atoms with van der Waals surface area (Å²) in [6, 6.07) is 9.77. The fraction of sp³-hybridized carbons (Fsp3) is 0.353. The molecule has 0 radical (unpaired) electrons. The zero-order chi connectivity index (χ0) is 17.1. The Kier molecular flexibility index (Phi) is 4.50. The van der Waals surface area contributed by atoms with E-state index in [0.29, 0.717) is 0 Å². The predicted octanol–water partition coefficient (Wildman–Crippen LogP) is 0.942. The van der Waals surface area contributed by atoms with Crippen molar-refractivity contribution in [2.75, 3.05) is 18.0 Å². The van der Waals surface area contributed by atoms with Gasteiger partial charge in [0, 0.05) is 25.0 Å². The second-order valence-electron chi connectivity index (χ2n) is 5.95. The van der Waals surface area contributed by atoms with E-state index in [1.54, 1.807) is 17.8 Å². The molecule has 0 saturated carbocycles. The number of rotatable bonds is 3. The van der Waals surface area contributed by atoms with Crippen LogP contribution < -0.4 is 15.8 Å². The maximum absolute atomic E-state index is 12.1. The number of benzene rings is 1. The topological polar surface area (TPSA) is 79.3 Å². The Morgan fingerprint density at radius 3 is 2.79 bits per heavy atom. The SMILES string of the molecule is Cc1cc(C(=O)NNC(=O)CN2CCCc3ccccc32)nn1C. The molecule has 24 heavy (non-hydrogen) atoms. The minimum absolute atomic E-state index is 0.207. The summed E-state index contributed by atoms with van der Waals surface area (Å²) in [6.45, 7) is 2.90. The molecule has 0 unspecified atom stereocenters. The Hall–Kier alpha value is -2.83. The highest BCUT2D eigenvalue weighted by Crippen LogP contribution is 2.26. The van der Waals surface area contributed by atoms with Crippen LogP contribution in [0.3, 0.4) is 0 Å². The highest BCUT2D eigenvalue weighted by Gasteiger charge is 2.19. The number of para-hydroxylation sites is 1. The molecular formula is C17H21N5O2. The van der Waals surface area contributed by atoms with Gasteiger partial charge < -0.3 is 4.90 Å². The van der Waals surface area contributed by atoms with E-state index < -0.39 is 5.91 Å². The highest BCUT2D eigenvalue weighted by atomic mass is 16.2. The molecule has 2 aromatic rings. The fourth-order valence-corrected chi connectivity index (χ4v) is 2.85. The van der Waals surface area contributed by atoms with Crippen LogP contribution in [0.1, 0.15) is 28.2 Å². The smallest absolute Gasteiger partial charge is 0.290 e. The number of amides is 2. The minimum atomic E-state index is -0.425. The van der Waals surface area contributed by atoms with E-state index in [-0.39, 0.29) is 18.1 Å². The third-order valence-corrected chi connectivity index (χ3v) is 4.20. The van der Waals surface area contributed by atoms with Gasteiger partial charge in [0.25, 0.3) is 11.8 Å². The van der Waals surface area contributed by atoms with E-state index >= 15 is 0 Å². The standard InChI is InChI=1S/C17H21N5O2/c1-12-10-14(20-21(12)2)17(24)19-18-16(23)11-22-9-5-7-13-6-3-4-8-15(13)22/h3-4,6,8,10H,5,7,9,11H2,1-2H3,(H,18,23)(H,19,24). The van der Waals surface area contributed by atoms with Crippen LogP contribution in [-0.4, -0.2) is 34.7 Å². The first-order valence-electron chi connectivity index (χ1n) is 7.97. The Bertz CT molecular complexity index is 749. The molecule has 0 saturated heterocycles. The van der Waals surface area contributed by atoms with Gasteiger partial charge in [-0.1, -0.05) is 18.2 Å². The minimum Gasteiger partial charge on any atom is -0.362 e. The summed E-state index contributed by atoms with van der Waals surface area (Å²) in [4.78, 5) is 26.2. The summed E-state index contributed by atoms with van der Waals surface area (Å²) >= 11 is 0. The number of nitrogens with one attached hydrogen (secondary N) is 2. The lowest BCUT2D eigenvalue weighted by Gasteiger charge is -2.30. The van der Waals surface area contributed by atoms with Crippen LogP contribution in [0.4, 0.5) is 5.69 Å². The van der Waals surface area contributed by atoms with Crippen LogP contribution in [0, 0.1) is 6.92 Å². The molecule has 3 rings (SSSR count). The monoisotopic (exact) mass is 327 g/mol. The van der Waals surface area contributed by atoms with E-state index in [0.717, 1.165) is 30.8 Å². The maximum Gasteiger partial charge on any atom is 0.290 e. The third-order valence-electron chi connectivity index (χ3n) is 4.20. The van der Waals surface area contributed by atoms with Crippen LogP contribution >= 0.6 is 0 Å². The molecule has 0 fully saturated rings. The molecule has 7 heteroatoms. The summed E-state index contributed by atoms with van der Waals surface area (Å²) in [5.74, 6) is -0.682. The van der Waals surface area contributed by atoms with Crippen LogP contribution in [0.5, 0.6) is 0 Å². The predicted molar refractivity (Wildman–Crippen MR) is 90.5 cm³/mol. The number of anilines is 1. The molecule has 0 aliphatic carbocycles. The molecule has 1 aliphatic heterocycles. The average molecular weight is 327 g/mol. The Morgan fingerprint density at radius 1 is 1.25 bits per heavy atom. The second-order valence-corrected chi connectivity index (χ2v) is 5.95. The molecule has 0 bridgehead atoms. The van der Waals surface area contributed by atoms with Gasteiger partial charge in [-0.2, -0.15) is 5.10 Å². The summed E-state index contributed by atoms with van der Waals surface area (Å²) < 4.78 is 1.61. The lowest BCUT2D eigenvalue weighted by molar-refractivity contribution is -0.120. The van der Waals surface area contributed by atoms with E-state index in [1.807, 2.05) is 30.0 Å². The van der Waals surface area contributed by atoms with Gasteiger partial charge in [-0.3, -0.25) is 25.1 Å². The van der Waals surface area contributed by atoms with E-state index in [4.69, 9.17) is 0 Å². The number of aryl methyl sites for hydroxylation is 3. The van der Waals surface area contributed by atoms with E-state index in [2.05, 4.69) is 22.0 Å². The van der Waals surface area contributed by atoms with Crippen molar-refractivity contribution < 1.29 is 9.59 Å². The first kappa shape index (κ1) is 16.0. The summed E-state index contributed by atoms with van der Waals surface area (Å²) in [7, 11) is 1.76. The van der Waals surface area contributed by atoms with Crippen molar-refractivity contribution in [3.8, 4) is 0 Å². The number of hydrogen-bond acceptors (Lipinski definition) is 4. The third kappa shape index (κ3) is 3.40. The fourth-order valence-electron chi connectivity index (χ4n) is 2.85. The van der Waals surface area contributed by atoms with E-state index in [1.165, 1.54) is 5.56 Å². The van der Waals surface area contributed by atoms with Crippen molar-refractivity contribution in [1.29, 1.82) is 0 Å². The molecule has 2 N–H and O–H groups in total. The van der Waals surface area contributed by atoms with Gasteiger partial charge in [-0.05, 0) is 37.5 Å². The van der Waals surface area contributed by atoms with Gasteiger partial charge in [-0.15, -0.1) is 0 Å². The van der Waals surface area contributed by atoms with Gasteiger partial charge in [0.1, 0.15) is 0 Å². The highest BCUT2D eigenvalue weighted by molar-refractivity contribution is 5.94. The molecule has 7 nitrogen and oxygen atoms in total. The van der Waals surface area contributed by atoms with Gasteiger partial charge in [0.05, 0.1) is 6.54 Å². The number of aromatic nitrogens is 2. The summed E-state index contributed by atoms with van der Waals surface area (Å²) in [6.07, 6.45) is 2.05.